The fraction of sp³-hybridized carbons (Fsp3) is 0.500. The fourth-order valence-electron chi connectivity index (χ4n) is 2.81. The number of nitrogens with one attached hydrogen (secondary N) is 1. The van der Waals surface area contributed by atoms with Crippen LogP contribution in [0.4, 0.5) is 0 Å². The lowest BCUT2D eigenvalue weighted by Crippen LogP contribution is -2.31. The molecule has 2 fully saturated rings. The first-order valence-electron chi connectivity index (χ1n) is 7.14. The van der Waals surface area contributed by atoms with Crippen molar-refractivity contribution < 1.29 is 14.3 Å². The van der Waals surface area contributed by atoms with E-state index in [0.29, 0.717) is 18.0 Å². The molecule has 0 unspecified atom stereocenters. The predicted octanol–water partition coefficient (Wildman–Crippen LogP) is 2.44. The topological polar surface area (TPSA) is 55.4 Å². The van der Waals surface area contributed by atoms with E-state index in [-0.39, 0.29) is 23.9 Å². The Labute approximate surface area is 128 Å². The Bertz CT molecular complexity index is 580. The monoisotopic (exact) mass is 307 g/mol. The first kappa shape index (κ1) is 14.4. The van der Waals surface area contributed by atoms with Crippen LogP contribution in [-0.2, 0) is 19.7 Å². The quantitative estimate of drug-likeness (QED) is 0.869. The van der Waals surface area contributed by atoms with Crippen molar-refractivity contribution in [3.05, 3.63) is 34.9 Å². The number of carbonyl (C=O) groups is 2. The number of ether oxygens (including phenoxy) is 1. The van der Waals surface area contributed by atoms with Crippen molar-refractivity contribution in [1.29, 1.82) is 0 Å². The van der Waals surface area contributed by atoms with Gasteiger partial charge in [-0.15, -0.1) is 0 Å². The summed E-state index contributed by atoms with van der Waals surface area (Å²) >= 11 is 5.89. The van der Waals surface area contributed by atoms with Gasteiger partial charge < -0.3 is 10.1 Å². The number of hydrogen-bond donors (Lipinski definition) is 1. The third kappa shape index (κ3) is 2.77. The normalized spacial score (nSPS) is 26.3. The Morgan fingerprint density at radius 3 is 2.52 bits per heavy atom. The van der Waals surface area contributed by atoms with Crippen LogP contribution in [0.3, 0.4) is 0 Å². The molecule has 1 heterocycles. The van der Waals surface area contributed by atoms with Gasteiger partial charge in [-0.05, 0) is 30.5 Å². The standard InChI is InChI=1S/C16H18ClNO3/c1-15(8-13(19)18-9-15)10-21-14(20)16(6-7-16)11-2-4-12(17)5-3-11/h2-5H,6-10H2,1H3,(H,18,19)/t15-/m0/s1. The van der Waals surface area contributed by atoms with Crippen LogP contribution in [0.25, 0.3) is 0 Å². The number of rotatable bonds is 4. The first-order valence-corrected chi connectivity index (χ1v) is 7.51. The third-order valence-electron chi connectivity index (χ3n) is 4.39. The molecule has 112 valence electrons. The van der Waals surface area contributed by atoms with Crippen LogP contribution in [0.1, 0.15) is 31.7 Å². The van der Waals surface area contributed by atoms with Crippen LogP contribution in [0.2, 0.25) is 5.02 Å². The molecule has 5 heteroatoms. The molecule has 2 aliphatic rings. The van der Waals surface area contributed by atoms with E-state index in [0.717, 1.165) is 18.4 Å². The number of halogens is 1. The van der Waals surface area contributed by atoms with E-state index < -0.39 is 5.41 Å². The average molecular weight is 308 g/mol. The van der Waals surface area contributed by atoms with Gasteiger partial charge in [0.05, 0.1) is 12.0 Å². The van der Waals surface area contributed by atoms with Gasteiger partial charge in [-0.1, -0.05) is 30.7 Å². The summed E-state index contributed by atoms with van der Waals surface area (Å²) in [6, 6.07) is 7.37. The summed E-state index contributed by atoms with van der Waals surface area (Å²) in [7, 11) is 0. The molecule has 0 radical (unpaired) electrons. The summed E-state index contributed by atoms with van der Waals surface area (Å²) < 4.78 is 5.53. The Morgan fingerprint density at radius 1 is 1.33 bits per heavy atom. The molecule has 1 aromatic carbocycles. The zero-order chi connectivity index (χ0) is 15.1. The smallest absolute Gasteiger partial charge is 0.316 e. The fourth-order valence-corrected chi connectivity index (χ4v) is 2.94. The molecule has 3 rings (SSSR count). The maximum Gasteiger partial charge on any atom is 0.316 e. The van der Waals surface area contributed by atoms with Gasteiger partial charge in [0.15, 0.2) is 0 Å². The van der Waals surface area contributed by atoms with Crippen molar-refractivity contribution in [3.63, 3.8) is 0 Å². The van der Waals surface area contributed by atoms with Crippen LogP contribution < -0.4 is 5.32 Å². The van der Waals surface area contributed by atoms with Crippen molar-refractivity contribution in [2.75, 3.05) is 13.2 Å². The van der Waals surface area contributed by atoms with Crippen molar-refractivity contribution >= 4 is 23.5 Å². The molecule has 1 amide bonds. The second kappa shape index (κ2) is 5.02. The second-order valence-corrected chi connectivity index (χ2v) is 6.87. The van der Waals surface area contributed by atoms with Gasteiger partial charge in [0.1, 0.15) is 0 Å². The molecule has 1 atom stereocenters. The van der Waals surface area contributed by atoms with E-state index in [1.807, 2.05) is 19.1 Å². The maximum absolute atomic E-state index is 12.4. The summed E-state index contributed by atoms with van der Waals surface area (Å²) in [6.07, 6.45) is 2.02. The van der Waals surface area contributed by atoms with Crippen molar-refractivity contribution in [2.45, 2.75) is 31.6 Å². The number of carbonyl (C=O) groups excluding carboxylic acids is 2. The van der Waals surface area contributed by atoms with Gasteiger partial charge in [0, 0.05) is 23.4 Å². The summed E-state index contributed by atoms with van der Waals surface area (Å²) in [5.41, 5.74) is 0.169. The van der Waals surface area contributed by atoms with E-state index in [9.17, 15) is 9.59 Å². The minimum Gasteiger partial charge on any atom is -0.464 e. The molecule has 1 aliphatic heterocycles. The molecule has 1 saturated heterocycles. The van der Waals surface area contributed by atoms with Crippen molar-refractivity contribution in [1.82, 2.24) is 5.32 Å². The molecule has 1 aromatic rings. The van der Waals surface area contributed by atoms with Crippen molar-refractivity contribution in [3.8, 4) is 0 Å². The van der Waals surface area contributed by atoms with Crippen LogP contribution in [0, 0.1) is 5.41 Å². The minimum absolute atomic E-state index is 0.0207. The average Bonchev–Trinajstić information content (AvgIpc) is 3.19. The van der Waals surface area contributed by atoms with Gasteiger partial charge in [0.2, 0.25) is 5.91 Å². The van der Waals surface area contributed by atoms with E-state index >= 15 is 0 Å². The van der Waals surface area contributed by atoms with Gasteiger partial charge in [-0.25, -0.2) is 0 Å². The third-order valence-corrected chi connectivity index (χ3v) is 4.64. The largest absolute Gasteiger partial charge is 0.464 e. The molecule has 21 heavy (non-hydrogen) atoms. The van der Waals surface area contributed by atoms with Crippen LogP contribution in [0.15, 0.2) is 24.3 Å². The Balaban J connectivity index is 1.65. The number of benzene rings is 1. The Hall–Kier alpha value is -1.55. The summed E-state index contributed by atoms with van der Waals surface area (Å²) in [5, 5.41) is 3.44. The Morgan fingerprint density at radius 2 is 2.00 bits per heavy atom. The SMILES string of the molecule is C[C@@]1(COC(=O)C2(c3ccc(Cl)cc3)CC2)CNC(=O)C1. The Kier molecular flexibility index (Phi) is 3.44. The maximum atomic E-state index is 12.4. The minimum atomic E-state index is -0.503. The number of amides is 1. The van der Waals surface area contributed by atoms with Crippen LogP contribution in [0.5, 0.6) is 0 Å². The van der Waals surface area contributed by atoms with Gasteiger partial charge in [0.25, 0.3) is 0 Å². The summed E-state index contributed by atoms with van der Waals surface area (Å²) in [4.78, 5) is 23.7. The lowest BCUT2D eigenvalue weighted by Gasteiger charge is -2.23. The molecular formula is C16H18ClNO3. The highest BCUT2D eigenvalue weighted by atomic mass is 35.5. The van der Waals surface area contributed by atoms with E-state index in [1.54, 1.807) is 12.1 Å². The molecule has 0 bridgehead atoms. The highest BCUT2D eigenvalue weighted by molar-refractivity contribution is 6.30. The van der Waals surface area contributed by atoms with Gasteiger partial charge in [-0.2, -0.15) is 0 Å². The first-order chi connectivity index (χ1) is 9.93. The number of esters is 1. The van der Waals surface area contributed by atoms with E-state index in [2.05, 4.69) is 5.32 Å². The zero-order valence-electron chi connectivity index (χ0n) is 11.9. The molecule has 1 saturated carbocycles. The summed E-state index contributed by atoms with van der Waals surface area (Å²) in [6.45, 7) is 2.80. The van der Waals surface area contributed by atoms with Gasteiger partial charge in [-0.3, -0.25) is 9.59 Å². The highest BCUT2D eigenvalue weighted by Gasteiger charge is 2.53. The molecule has 1 aliphatic carbocycles. The van der Waals surface area contributed by atoms with Crippen LogP contribution in [-0.4, -0.2) is 25.0 Å². The predicted molar refractivity (Wildman–Crippen MR) is 79.1 cm³/mol. The lowest BCUT2D eigenvalue weighted by atomic mass is 9.90. The number of hydrogen-bond acceptors (Lipinski definition) is 3. The molecular weight excluding hydrogens is 290 g/mol. The molecule has 4 nitrogen and oxygen atoms in total. The zero-order valence-corrected chi connectivity index (χ0v) is 12.7. The van der Waals surface area contributed by atoms with Gasteiger partial charge >= 0.3 is 5.97 Å². The molecule has 0 aromatic heterocycles. The molecule has 1 N–H and O–H groups in total. The van der Waals surface area contributed by atoms with E-state index in [4.69, 9.17) is 16.3 Å². The highest BCUT2D eigenvalue weighted by Crippen LogP contribution is 2.49. The van der Waals surface area contributed by atoms with Crippen LogP contribution >= 0.6 is 11.6 Å². The molecule has 0 spiro atoms. The van der Waals surface area contributed by atoms with Crippen molar-refractivity contribution in [2.24, 2.45) is 5.41 Å². The second-order valence-electron chi connectivity index (χ2n) is 6.43. The summed E-state index contributed by atoms with van der Waals surface area (Å²) in [5.74, 6) is -0.169. The lowest BCUT2D eigenvalue weighted by molar-refractivity contribution is -0.150. The van der Waals surface area contributed by atoms with E-state index in [1.165, 1.54) is 0 Å².